The van der Waals surface area contributed by atoms with Gasteiger partial charge in [0.05, 0.1) is 22.2 Å². The van der Waals surface area contributed by atoms with Crippen LogP contribution in [0.5, 0.6) is 11.5 Å². The number of nitriles is 1. The molecule has 0 unspecified atom stereocenters. The van der Waals surface area contributed by atoms with Crippen LogP contribution in [-0.4, -0.2) is 0 Å². The molecule has 2 aromatic carbocycles. The summed E-state index contributed by atoms with van der Waals surface area (Å²) in [6.07, 6.45) is -4.62. The van der Waals surface area contributed by atoms with Gasteiger partial charge in [-0.25, -0.2) is 0 Å². The zero-order chi connectivity index (χ0) is 15.6. The third kappa shape index (κ3) is 3.47. The Morgan fingerprint density at radius 3 is 2.48 bits per heavy atom. The Kier molecular flexibility index (Phi) is 4.10. The Morgan fingerprint density at radius 1 is 1.14 bits per heavy atom. The molecule has 0 fully saturated rings. The van der Waals surface area contributed by atoms with Crippen LogP contribution in [0.3, 0.4) is 0 Å². The second kappa shape index (κ2) is 5.66. The first kappa shape index (κ1) is 15.2. The van der Waals surface area contributed by atoms with Crippen molar-refractivity contribution in [3.63, 3.8) is 0 Å². The van der Waals surface area contributed by atoms with Crippen LogP contribution in [0.1, 0.15) is 16.7 Å². The summed E-state index contributed by atoms with van der Waals surface area (Å²) in [6.45, 7) is 1.81. The molecule has 108 valence electrons. The van der Waals surface area contributed by atoms with Crippen molar-refractivity contribution in [3.8, 4) is 17.6 Å². The molecule has 6 heteroatoms. The standard InChI is InChI=1S/C15H9ClF3NO/c1-9-2-5-13(16)14(6-9)21-11-4-3-10(8-20)12(7-11)15(17,18)19/h2-7H,1H3. The van der Waals surface area contributed by atoms with Crippen LogP contribution in [-0.2, 0) is 6.18 Å². The average Bonchev–Trinajstić information content (AvgIpc) is 2.42. The second-order valence-corrected chi connectivity index (χ2v) is 4.76. The monoisotopic (exact) mass is 311 g/mol. The summed E-state index contributed by atoms with van der Waals surface area (Å²) < 4.78 is 44.0. The van der Waals surface area contributed by atoms with Crippen molar-refractivity contribution in [2.24, 2.45) is 0 Å². The minimum atomic E-state index is -4.62. The first-order valence-electron chi connectivity index (χ1n) is 5.86. The molecular weight excluding hydrogens is 303 g/mol. The van der Waals surface area contributed by atoms with E-state index in [9.17, 15) is 13.2 Å². The minimum absolute atomic E-state index is 0.0335. The SMILES string of the molecule is Cc1ccc(Cl)c(Oc2ccc(C#N)c(C(F)(F)F)c2)c1. The van der Waals surface area contributed by atoms with Gasteiger partial charge in [0.25, 0.3) is 0 Å². The number of hydrogen-bond donors (Lipinski definition) is 0. The lowest BCUT2D eigenvalue weighted by molar-refractivity contribution is -0.137. The number of benzene rings is 2. The van der Waals surface area contributed by atoms with Gasteiger partial charge in [0.1, 0.15) is 11.5 Å². The lowest BCUT2D eigenvalue weighted by Crippen LogP contribution is -2.07. The largest absolute Gasteiger partial charge is 0.456 e. The zero-order valence-corrected chi connectivity index (χ0v) is 11.6. The molecule has 0 aliphatic carbocycles. The van der Waals surface area contributed by atoms with Crippen molar-refractivity contribution >= 4 is 11.6 Å². The van der Waals surface area contributed by atoms with Gasteiger partial charge in [-0.1, -0.05) is 17.7 Å². The van der Waals surface area contributed by atoms with Crippen molar-refractivity contribution in [3.05, 3.63) is 58.1 Å². The summed E-state index contributed by atoms with van der Waals surface area (Å²) in [5.41, 5.74) is -0.629. The third-order valence-corrected chi connectivity index (χ3v) is 3.04. The van der Waals surface area contributed by atoms with Crippen LogP contribution in [0.25, 0.3) is 0 Å². The number of alkyl halides is 3. The molecule has 0 bridgehead atoms. The van der Waals surface area contributed by atoms with E-state index in [-0.39, 0.29) is 11.5 Å². The highest BCUT2D eigenvalue weighted by Crippen LogP contribution is 2.36. The fraction of sp³-hybridized carbons (Fsp3) is 0.133. The predicted molar refractivity (Wildman–Crippen MR) is 72.4 cm³/mol. The van der Waals surface area contributed by atoms with Crippen LogP contribution >= 0.6 is 11.6 Å². The molecule has 0 heterocycles. The van der Waals surface area contributed by atoms with Gasteiger partial charge in [-0.2, -0.15) is 18.4 Å². The quantitative estimate of drug-likeness (QED) is 0.751. The molecule has 0 spiro atoms. The van der Waals surface area contributed by atoms with Gasteiger partial charge in [0, 0.05) is 0 Å². The normalized spacial score (nSPS) is 11.0. The highest BCUT2D eigenvalue weighted by Gasteiger charge is 2.34. The van der Waals surface area contributed by atoms with Crippen LogP contribution in [0.2, 0.25) is 5.02 Å². The van der Waals surface area contributed by atoms with E-state index in [4.69, 9.17) is 21.6 Å². The molecular formula is C15H9ClF3NO. The van der Waals surface area contributed by atoms with Gasteiger partial charge < -0.3 is 4.74 Å². The number of nitrogens with zero attached hydrogens (tertiary/aromatic N) is 1. The molecule has 2 rings (SSSR count). The van der Waals surface area contributed by atoms with Gasteiger partial charge in [0.15, 0.2) is 0 Å². The summed E-state index contributed by atoms with van der Waals surface area (Å²) in [7, 11) is 0. The molecule has 0 N–H and O–H groups in total. The summed E-state index contributed by atoms with van der Waals surface area (Å²) in [4.78, 5) is 0. The molecule has 0 aromatic heterocycles. The fourth-order valence-corrected chi connectivity index (χ4v) is 1.89. The summed E-state index contributed by atoms with van der Waals surface area (Å²) in [6, 6.07) is 9.65. The molecule has 0 aliphatic heterocycles. The molecule has 0 radical (unpaired) electrons. The first-order chi connectivity index (χ1) is 9.81. The molecule has 21 heavy (non-hydrogen) atoms. The van der Waals surface area contributed by atoms with E-state index < -0.39 is 17.3 Å². The van der Waals surface area contributed by atoms with E-state index in [2.05, 4.69) is 0 Å². The number of halogens is 4. The Balaban J connectivity index is 2.42. The third-order valence-electron chi connectivity index (χ3n) is 2.73. The Bertz CT molecular complexity index is 720. The van der Waals surface area contributed by atoms with Crippen LogP contribution in [0, 0.1) is 18.3 Å². The topological polar surface area (TPSA) is 33.0 Å². The summed E-state index contributed by atoms with van der Waals surface area (Å²) in [5, 5.41) is 9.02. The maximum Gasteiger partial charge on any atom is 0.417 e. The van der Waals surface area contributed by atoms with E-state index in [1.807, 2.05) is 6.92 Å². The fourth-order valence-electron chi connectivity index (χ4n) is 1.73. The van der Waals surface area contributed by atoms with Crippen molar-refractivity contribution in [2.75, 3.05) is 0 Å². The predicted octanol–water partition coefficient (Wildman–Crippen LogP) is 5.33. The highest BCUT2D eigenvalue weighted by atomic mass is 35.5. The van der Waals surface area contributed by atoms with Crippen molar-refractivity contribution < 1.29 is 17.9 Å². The summed E-state index contributed by atoms with van der Waals surface area (Å²) in [5.74, 6) is 0.225. The molecule has 0 saturated heterocycles. The van der Waals surface area contributed by atoms with E-state index in [0.717, 1.165) is 17.7 Å². The van der Waals surface area contributed by atoms with Crippen LogP contribution in [0.15, 0.2) is 36.4 Å². The Labute approximate surface area is 124 Å². The second-order valence-electron chi connectivity index (χ2n) is 4.35. The molecule has 0 amide bonds. The zero-order valence-electron chi connectivity index (χ0n) is 10.8. The van der Waals surface area contributed by atoms with E-state index in [1.165, 1.54) is 12.1 Å². The van der Waals surface area contributed by atoms with E-state index in [1.54, 1.807) is 18.2 Å². The number of rotatable bonds is 2. The van der Waals surface area contributed by atoms with Crippen molar-refractivity contribution in [1.82, 2.24) is 0 Å². The van der Waals surface area contributed by atoms with Gasteiger partial charge in [0.2, 0.25) is 0 Å². The van der Waals surface area contributed by atoms with Gasteiger partial charge in [-0.05, 0) is 42.8 Å². The molecule has 2 nitrogen and oxygen atoms in total. The van der Waals surface area contributed by atoms with E-state index >= 15 is 0 Å². The lowest BCUT2D eigenvalue weighted by Gasteiger charge is -2.12. The van der Waals surface area contributed by atoms with Crippen LogP contribution in [0.4, 0.5) is 13.2 Å². The highest BCUT2D eigenvalue weighted by molar-refractivity contribution is 6.32. The van der Waals surface area contributed by atoms with Gasteiger partial charge >= 0.3 is 6.18 Å². The minimum Gasteiger partial charge on any atom is -0.456 e. The Hall–Kier alpha value is -2.19. The maximum absolute atomic E-state index is 12.9. The molecule has 0 saturated carbocycles. The lowest BCUT2D eigenvalue weighted by atomic mass is 10.1. The molecule has 0 atom stereocenters. The maximum atomic E-state index is 12.9. The molecule has 2 aromatic rings. The molecule has 0 aliphatic rings. The first-order valence-corrected chi connectivity index (χ1v) is 6.24. The smallest absolute Gasteiger partial charge is 0.417 e. The average molecular weight is 312 g/mol. The summed E-state index contributed by atoms with van der Waals surface area (Å²) >= 11 is 5.93. The van der Waals surface area contributed by atoms with Gasteiger partial charge in [-0.15, -0.1) is 0 Å². The Morgan fingerprint density at radius 2 is 1.86 bits per heavy atom. The number of hydrogen-bond acceptors (Lipinski definition) is 2. The van der Waals surface area contributed by atoms with Crippen LogP contribution < -0.4 is 4.74 Å². The van der Waals surface area contributed by atoms with E-state index in [0.29, 0.717) is 5.02 Å². The van der Waals surface area contributed by atoms with Crippen molar-refractivity contribution in [2.45, 2.75) is 13.1 Å². The number of aryl methyl sites for hydroxylation is 1. The van der Waals surface area contributed by atoms with Gasteiger partial charge in [-0.3, -0.25) is 0 Å². The number of ether oxygens (including phenoxy) is 1. The van der Waals surface area contributed by atoms with Crippen molar-refractivity contribution in [1.29, 1.82) is 5.26 Å².